The monoisotopic (exact) mass is 472 g/mol. The molecule has 1 saturated carbocycles. The van der Waals surface area contributed by atoms with Crippen LogP contribution in [0.3, 0.4) is 0 Å². The van der Waals surface area contributed by atoms with Crippen LogP contribution in [-0.2, 0) is 20.9 Å². The number of ether oxygens (including phenoxy) is 4. The Labute approximate surface area is 200 Å². The largest absolute Gasteiger partial charge is 0.496 e. The minimum atomic E-state index is -0.633. The van der Waals surface area contributed by atoms with Gasteiger partial charge in [-0.25, -0.2) is 9.18 Å². The second kappa shape index (κ2) is 10.5. The summed E-state index contributed by atoms with van der Waals surface area (Å²) in [6, 6.07) is 11.7. The van der Waals surface area contributed by atoms with Crippen molar-refractivity contribution >= 4 is 11.9 Å². The molecule has 0 heterocycles. The van der Waals surface area contributed by atoms with Crippen molar-refractivity contribution in [1.29, 1.82) is 0 Å². The van der Waals surface area contributed by atoms with Gasteiger partial charge in [-0.05, 0) is 58.9 Å². The molecule has 34 heavy (non-hydrogen) atoms. The van der Waals surface area contributed by atoms with E-state index >= 15 is 0 Å². The number of esters is 2. The Bertz CT molecular complexity index is 1000. The highest BCUT2D eigenvalue weighted by molar-refractivity contribution is 5.93. The molecule has 2 aromatic rings. The molecular formula is C27H33FO6. The van der Waals surface area contributed by atoms with E-state index in [0.29, 0.717) is 25.7 Å². The number of carbonyl (C=O) groups excluding carboxylic acids is 2. The van der Waals surface area contributed by atoms with Crippen LogP contribution in [0, 0.1) is 11.2 Å². The molecular weight excluding hydrogens is 439 g/mol. The molecule has 3 rings (SSSR count). The van der Waals surface area contributed by atoms with E-state index in [0.717, 1.165) is 11.6 Å². The van der Waals surface area contributed by atoms with E-state index < -0.39 is 22.8 Å². The number of hydrogen-bond acceptors (Lipinski definition) is 6. The first-order chi connectivity index (χ1) is 16.0. The van der Waals surface area contributed by atoms with Gasteiger partial charge in [0.15, 0.2) is 11.6 Å². The van der Waals surface area contributed by atoms with Crippen molar-refractivity contribution in [2.24, 2.45) is 5.41 Å². The zero-order valence-corrected chi connectivity index (χ0v) is 20.5. The van der Waals surface area contributed by atoms with Crippen LogP contribution >= 0.6 is 0 Å². The molecule has 0 unspecified atom stereocenters. The third-order valence-electron chi connectivity index (χ3n) is 5.91. The first-order valence-electron chi connectivity index (χ1n) is 11.5. The van der Waals surface area contributed by atoms with Crippen LogP contribution in [0.2, 0.25) is 0 Å². The SMILES string of the molecule is COc1cc(F)c(OC2CCC(C)(C(=O)OC(C)(C)C)CC2)cc1C(=O)OCc1ccccc1. The molecule has 184 valence electrons. The third kappa shape index (κ3) is 6.49. The summed E-state index contributed by atoms with van der Waals surface area (Å²) in [6.45, 7) is 7.52. The molecule has 6 nitrogen and oxygen atoms in total. The summed E-state index contributed by atoms with van der Waals surface area (Å²) in [7, 11) is 1.36. The van der Waals surface area contributed by atoms with Gasteiger partial charge in [-0.1, -0.05) is 30.3 Å². The van der Waals surface area contributed by atoms with E-state index in [-0.39, 0.29) is 35.7 Å². The van der Waals surface area contributed by atoms with Crippen molar-refractivity contribution in [3.8, 4) is 11.5 Å². The first-order valence-corrected chi connectivity index (χ1v) is 11.5. The molecule has 1 aliphatic rings. The second-order valence-corrected chi connectivity index (χ2v) is 9.92. The van der Waals surface area contributed by atoms with Gasteiger partial charge in [0.2, 0.25) is 0 Å². The zero-order valence-electron chi connectivity index (χ0n) is 20.5. The van der Waals surface area contributed by atoms with Gasteiger partial charge in [-0.2, -0.15) is 0 Å². The first kappa shape index (κ1) is 25.5. The summed E-state index contributed by atoms with van der Waals surface area (Å²) in [4.78, 5) is 25.3. The molecule has 2 aromatic carbocycles. The molecule has 0 N–H and O–H groups in total. The molecule has 0 aliphatic heterocycles. The molecule has 0 spiro atoms. The van der Waals surface area contributed by atoms with Crippen LogP contribution in [0.25, 0.3) is 0 Å². The standard InChI is InChI=1S/C27H33FO6/c1-26(2,3)34-25(30)27(4)13-11-19(12-14-27)33-23-15-20(22(31-5)16-21(23)28)24(29)32-17-18-9-7-6-8-10-18/h6-10,15-16,19H,11-14,17H2,1-5H3. The number of halogens is 1. The third-order valence-corrected chi connectivity index (χ3v) is 5.91. The van der Waals surface area contributed by atoms with E-state index in [4.69, 9.17) is 18.9 Å². The summed E-state index contributed by atoms with van der Waals surface area (Å²) in [5, 5.41) is 0. The molecule has 1 fully saturated rings. The van der Waals surface area contributed by atoms with E-state index in [2.05, 4.69) is 0 Å². The highest BCUT2D eigenvalue weighted by Crippen LogP contribution is 2.40. The maximum absolute atomic E-state index is 14.7. The fourth-order valence-corrected chi connectivity index (χ4v) is 3.89. The molecule has 0 amide bonds. The molecule has 0 atom stereocenters. The Hall–Kier alpha value is -3.09. The number of carbonyl (C=O) groups is 2. The summed E-state index contributed by atoms with van der Waals surface area (Å²) in [5.41, 5.74) is -0.226. The summed E-state index contributed by atoms with van der Waals surface area (Å²) in [5.74, 6) is -1.46. The summed E-state index contributed by atoms with van der Waals surface area (Å²) < 4.78 is 36.8. The number of methoxy groups -OCH3 is 1. The fourth-order valence-electron chi connectivity index (χ4n) is 3.89. The minimum absolute atomic E-state index is 0.0432. The van der Waals surface area contributed by atoms with Gasteiger partial charge < -0.3 is 18.9 Å². The van der Waals surface area contributed by atoms with Gasteiger partial charge in [0, 0.05) is 12.1 Å². The Morgan fingerprint density at radius 3 is 2.29 bits per heavy atom. The Kier molecular flexibility index (Phi) is 7.85. The highest BCUT2D eigenvalue weighted by Gasteiger charge is 2.41. The molecule has 0 radical (unpaired) electrons. The van der Waals surface area contributed by atoms with Crippen molar-refractivity contribution in [1.82, 2.24) is 0 Å². The van der Waals surface area contributed by atoms with Gasteiger partial charge in [0.25, 0.3) is 0 Å². The lowest BCUT2D eigenvalue weighted by Gasteiger charge is -2.37. The second-order valence-electron chi connectivity index (χ2n) is 9.92. The van der Waals surface area contributed by atoms with Crippen molar-refractivity contribution in [2.75, 3.05) is 7.11 Å². The topological polar surface area (TPSA) is 71.1 Å². The minimum Gasteiger partial charge on any atom is -0.496 e. The van der Waals surface area contributed by atoms with Crippen molar-refractivity contribution in [3.63, 3.8) is 0 Å². The summed E-state index contributed by atoms with van der Waals surface area (Å²) >= 11 is 0. The number of benzene rings is 2. The average Bonchev–Trinajstić information content (AvgIpc) is 2.79. The molecule has 0 aromatic heterocycles. The van der Waals surface area contributed by atoms with Crippen molar-refractivity contribution in [3.05, 3.63) is 59.4 Å². The molecule has 0 bridgehead atoms. The number of hydrogen-bond donors (Lipinski definition) is 0. The van der Waals surface area contributed by atoms with Crippen LogP contribution in [0.1, 0.15) is 69.3 Å². The van der Waals surface area contributed by atoms with Crippen LogP contribution in [0.4, 0.5) is 4.39 Å². The van der Waals surface area contributed by atoms with Gasteiger partial charge in [0.05, 0.1) is 18.6 Å². The normalized spacial score (nSPS) is 20.4. The lowest BCUT2D eigenvalue weighted by atomic mass is 9.74. The quantitative estimate of drug-likeness (QED) is 0.470. The van der Waals surface area contributed by atoms with E-state index in [1.165, 1.54) is 13.2 Å². The van der Waals surface area contributed by atoms with Gasteiger partial charge in [0.1, 0.15) is 23.5 Å². The van der Waals surface area contributed by atoms with Gasteiger partial charge in [-0.3, -0.25) is 4.79 Å². The molecule has 7 heteroatoms. The fraction of sp³-hybridized carbons (Fsp3) is 0.481. The molecule has 0 saturated heterocycles. The number of rotatable bonds is 7. The van der Waals surface area contributed by atoms with Crippen LogP contribution in [-0.4, -0.2) is 30.8 Å². The van der Waals surface area contributed by atoms with Crippen molar-refractivity contribution < 1.29 is 32.9 Å². The highest BCUT2D eigenvalue weighted by atomic mass is 19.1. The Morgan fingerprint density at radius 2 is 1.71 bits per heavy atom. The zero-order chi connectivity index (χ0) is 24.9. The van der Waals surface area contributed by atoms with Gasteiger partial charge >= 0.3 is 11.9 Å². The van der Waals surface area contributed by atoms with Gasteiger partial charge in [-0.15, -0.1) is 0 Å². The van der Waals surface area contributed by atoms with Crippen LogP contribution < -0.4 is 9.47 Å². The van der Waals surface area contributed by atoms with E-state index in [1.54, 1.807) is 0 Å². The van der Waals surface area contributed by atoms with Crippen LogP contribution in [0.5, 0.6) is 11.5 Å². The molecule has 1 aliphatic carbocycles. The lowest BCUT2D eigenvalue weighted by molar-refractivity contribution is -0.169. The van der Waals surface area contributed by atoms with E-state index in [9.17, 15) is 14.0 Å². The smallest absolute Gasteiger partial charge is 0.342 e. The van der Waals surface area contributed by atoms with Crippen molar-refractivity contribution in [2.45, 2.75) is 71.7 Å². The maximum atomic E-state index is 14.7. The maximum Gasteiger partial charge on any atom is 0.342 e. The Morgan fingerprint density at radius 1 is 1.06 bits per heavy atom. The summed E-state index contributed by atoms with van der Waals surface area (Å²) in [6.07, 6.45) is 1.98. The van der Waals surface area contributed by atoms with E-state index in [1.807, 2.05) is 58.0 Å². The predicted molar refractivity (Wildman–Crippen MR) is 125 cm³/mol. The lowest BCUT2D eigenvalue weighted by Crippen LogP contribution is -2.40. The van der Waals surface area contributed by atoms with Crippen LogP contribution in [0.15, 0.2) is 42.5 Å². The predicted octanol–water partition coefficient (Wildman–Crippen LogP) is 5.86. The Balaban J connectivity index is 1.67. The average molecular weight is 473 g/mol.